The van der Waals surface area contributed by atoms with Gasteiger partial charge in [0.05, 0.1) is 30.6 Å². The van der Waals surface area contributed by atoms with Crippen LogP contribution in [0.5, 0.6) is 0 Å². The molecule has 120 valence electrons. The van der Waals surface area contributed by atoms with E-state index in [2.05, 4.69) is 4.98 Å². The zero-order valence-corrected chi connectivity index (χ0v) is 13.2. The smallest absolute Gasteiger partial charge is 0.255 e. The van der Waals surface area contributed by atoms with Gasteiger partial charge in [0.15, 0.2) is 0 Å². The van der Waals surface area contributed by atoms with Crippen LogP contribution in [0.2, 0.25) is 0 Å². The van der Waals surface area contributed by atoms with Crippen molar-refractivity contribution in [1.29, 1.82) is 0 Å². The summed E-state index contributed by atoms with van der Waals surface area (Å²) in [6, 6.07) is 3.19. The fourth-order valence-corrected chi connectivity index (χ4v) is 3.91. The van der Waals surface area contributed by atoms with Crippen molar-refractivity contribution in [1.82, 2.24) is 14.2 Å². The highest BCUT2D eigenvalue weighted by atomic mass is 32.2. The molecule has 0 saturated carbocycles. The summed E-state index contributed by atoms with van der Waals surface area (Å²) in [6.45, 7) is 1.67. The number of amides is 1. The Hall–Kier alpha value is -1.51. The number of aromatic nitrogens is 1. The molecule has 0 spiro atoms. The second-order valence-electron chi connectivity index (χ2n) is 5.63. The number of carbonyl (C=O) groups is 1. The van der Waals surface area contributed by atoms with Crippen molar-refractivity contribution in [3.05, 3.63) is 30.1 Å². The first-order chi connectivity index (χ1) is 10.5. The van der Waals surface area contributed by atoms with Gasteiger partial charge in [0.1, 0.15) is 0 Å². The molecule has 8 heteroatoms. The topological polar surface area (TPSA) is 79.8 Å². The molecule has 2 saturated heterocycles. The second-order valence-corrected chi connectivity index (χ2v) is 7.61. The third kappa shape index (κ3) is 2.99. The van der Waals surface area contributed by atoms with E-state index in [0.717, 1.165) is 0 Å². The normalized spacial score (nSPS) is 26.5. The molecule has 2 atom stereocenters. The molecule has 3 rings (SSSR count). The van der Waals surface area contributed by atoms with Gasteiger partial charge >= 0.3 is 0 Å². The molecular formula is C14H19N3O4S. The molecule has 7 nitrogen and oxygen atoms in total. The molecular weight excluding hydrogens is 306 g/mol. The van der Waals surface area contributed by atoms with Crippen LogP contribution in [-0.4, -0.2) is 73.2 Å². The fourth-order valence-electron chi connectivity index (χ4n) is 3.05. The lowest BCUT2D eigenvalue weighted by Gasteiger charge is -2.46. The number of hydrogen-bond acceptors (Lipinski definition) is 5. The third-order valence-electron chi connectivity index (χ3n) is 4.19. The minimum Gasteiger partial charge on any atom is -0.374 e. The van der Waals surface area contributed by atoms with Crippen LogP contribution in [-0.2, 0) is 14.8 Å². The Kier molecular flexibility index (Phi) is 4.16. The van der Waals surface area contributed by atoms with Crippen LogP contribution >= 0.6 is 0 Å². The number of nitrogens with zero attached hydrogens (tertiary/aromatic N) is 3. The van der Waals surface area contributed by atoms with Gasteiger partial charge in [-0.25, -0.2) is 8.42 Å². The predicted molar refractivity (Wildman–Crippen MR) is 79.8 cm³/mol. The number of rotatable bonds is 2. The molecule has 22 heavy (non-hydrogen) atoms. The lowest BCUT2D eigenvalue weighted by Crippen LogP contribution is -2.62. The van der Waals surface area contributed by atoms with E-state index in [0.29, 0.717) is 31.7 Å². The lowest BCUT2D eigenvalue weighted by atomic mass is 9.99. The SMILES string of the molecule is CS(=O)(=O)N1CC[C@@H]2OCCN(C(=O)c3cccnc3)[C@@H]2C1. The van der Waals surface area contributed by atoms with Crippen LogP contribution in [0.1, 0.15) is 16.8 Å². The first kappa shape index (κ1) is 15.4. The van der Waals surface area contributed by atoms with Crippen molar-refractivity contribution < 1.29 is 17.9 Å². The van der Waals surface area contributed by atoms with E-state index in [1.165, 1.54) is 16.8 Å². The number of hydrogen-bond donors (Lipinski definition) is 0. The van der Waals surface area contributed by atoms with E-state index in [1.807, 2.05) is 0 Å². The van der Waals surface area contributed by atoms with Crippen molar-refractivity contribution in [3.8, 4) is 0 Å². The molecule has 1 amide bonds. The second kappa shape index (κ2) is 5.94. The molecule has 0 aliphatic carbocycles. The van der Waals surface area contributed by atoms with Gasteiger partial charge in [-0.1, -0.05) is 0 Å². The predicted octanol–water partition coefficient (Wildman–Crippen LogP) is -0.0435. The molecule has 0 bridgehead atoms. The van der Waals surface area contributed by atoms with Gasteiger partial charge in [0.25, 0.3) is 5.91 Å². The Bertz CT molecular complexity index is 649. The molecule has 0 radical (unpaired) electrons. The number of piperidine rings is 1. The number of pyridine rings is 1. The van der Waals surface area contributed by atoms with Crippen LogP contribution in [0, 0.1) is 0 Å². The van der Waals surface area contributed by atoms with Crippen LogP contribution in [0.4, 0.5) is 0 Å². The summed E-state index contributed by atoms with van der Waals surface area (Å²) in [4.78, 5) is 18.4. The van der Waals surface area contributed by atoms with Gasteiger partial charge < -0.3 is 9.64 Å². The monoisotopic (exact) mass is 325 g/mol. The van der Waals surface area contributed by atoms with Crippen molar-refractivity contribution in [2.75, 3.05) is 32.5 Å². The first-order valence-electron chi connectivity index (χ1n) is 7.24. The summed E-state index contributed by atoms with van der Waals surface area (Å²) in [7, 11) is -3.26. The number of carbonyl (C=O) groups excluding carboxylic acids is 1. The Labute approximate surface area is 129 Å². The van der Waals surface area contributed by atoms with Crippen LogP contribution in [0.25, 0.3) is 0 Å². The maximum absolute atomic E-state index is 12.7. The highest BCUT2D eigenvalue weighted by Gasteiger charge is 2.41. The lowest BCUT2D eigenvalue weighted by molar-refractivity contribution is -0.0802. The zero-order chi connectivity index (χ0) is 15.7. The van der Waals surface area contributed by atoms with Crippen molar-refractivity contribution in [3.63, 3.8) is 0 Å². The van der Waals surface area contributed by atoms with Crippen molar-refractivity contribution >= 4 is 15.9 Å². The van der Waals surface area contributed by atoms with E-state index in [9.17, 15) is 13.2 Å². The van der Waals surface area contributed by atoms with Gasteiger partial charge in [-0.3, -0.25) is 9.78 Å². The summed E-state index contributed by atoms with van der Waals surface area (Å²) in [5.74, 6) is -0.123. The molecule has 2 aliphatic heterocycles. The Morgan fingerprint density at radius 3 is 2.91 bits per heavy atom. The molecule has 0 unspecified atom stereocenters. The molecule has 0 N–H and O–H groups in total. The summed E-state index contributed by atoms with van der Waals surface area (Å²) in [6.07, 6.45) is 4.85. The van der Waals surface area contributed by atoms with Gasteiger partial charge in [0.2, 0.25) is 10.0 Å². The van der Waals surface area contributed by atoms with Crippen molar-refractivity contribution in [2.24, 2.45) is 0 Å². The minimum absolute atomic E-state index is 0.104. The molecule has 3 heterocycles. The van der Waals surface area contributed by atoms with Crippen LogP contribution in [0.3, 0.4) is 0 Å². The fraction of sp³-hybridized carbons (Fsp3) is 0.571. The third-order valence-corrected chi connectivity index (χ3v) is 5.46. The van der Waals surface area contributed by atoms with E-state index >= 15 is 0 Å². The maximum atomic E-state index is 12.7. The van der Waals surface area contributed by atoms with Gasteiger partial charge in [-0.05, 0) is 18.6 Å². The van der Waals surface area contributed by atoms with Gasteiger partial charge in [-0.15, -0.1) is 0 Å². The molecule has 2 fully saturated rings. The summed E-state index contributed by atoms with van der Waals surface area (Å²) >= 11 is 0. The van der Waals surface area contributed by atoms with E-state index in [-0.39, 0.29) is 24.6 Å². The van der Waals surface area contributed by atoms with Gasteiger partial charge in [0, 0.05) is 32.0 Å². The number of sulfonamides is 1. The number of morpholine rings is 1. The van der Waals surface area contributed by atoms with E-state index < -0.39 is 10.0 Å². The molecule has 1 aromatic heterocycles. The summed E-state index contributed by atoms with van der Waals surface area (Å²) in [5, 5.41) is 0. The maximum Gasteiger partial charge on any atom is 0.255 e. The number of fused-ring (bicyclic) bond motifs is 1. The first-order valence-corrected chi connectivity index (χ1v) is 9.09. The standard InChI is InChI=1S/C14H19N3O4S/c1-22(19,20)16-6-4-13-12(10-16)17(7-8-21-13)14(18)11-3-2-5-15-9-11/h2-3,5,9,12-13H,4,6-8,10H2,1H3/t12-,13+/m1/s1. The number of ether oxygens (including phenoxy) is 1. The quantitative estimate of drug-likeness (QED) is 0.762. The van der Waals surface area contributed by atoms with E-state index in [4.69, 9.17) is 4.74 Å². The summed E-state index contributed by atoms with van der Waals surface area (Å²) < 4.78 is 30.7. The highest BCUT2D eigenvalue weighted by Crippen LogP contribution is 2.25. The largest absolute Gasteiger partial charge is 0.374 e. The minimum atomic E-state index is -3.26. The Morgan fingerprint density at radius 2 is 2.23 bits per heavy atom. The summed E-state index contributed by atoms with van der Waals surface area (Å²) in [5.41, 5.74) is 0.514. The molecule has 1 aromatic rings. The van der Waals surface area contributed by atoms with E-state index in [1.54, 1.807) is 23.2 Å². The Morgan fingerprint density at radius 1 is 1.41 bits per heavy atom. The average molecular weight is 325 g/mol. The van der Waals surface area contributed by atoms with Crippen molar-refractivity contribution in [2.45, 2.75) is 18.6 Å². The molecule has 2 aliphatic rings. The van der Waals surface area contributed by atoms with Crippen LogP contribution in [0.15, 0.2) is 24.5 Å². The van der Waals surface area contributed by atoms with Crippen LogP contribution < -0.4 is 0 Å². The zero-order valence-electron chi connectivity index (χ0n) is 12.4. The van der Waals surface area contributed by atoms with Gasteiger partial charge in [-0.2, -0.15) is 4.31 Å². The Balaban J connectivity index is 1.83. The molecule has 0 aromatic carbocycles. The average Bonchev–Trinajstić information content (AvgIpc) is 2.53. The highest BCUT2D eigenvalue weighted by molar-refractivity contribution is 7.88.